The van der Waals surface area contributed by atoms with Crippen molar-refractivity contribution in [3.63, 3.8) is 0 Å². The quantitative estimate of drug-likeness (QED) is 0.183. The van der Waals surface area contributed by atoms with Crippen molar-refractivity contribution < 1.29 is 32.5 Å². The Labute approximate surface area is 358 Å². The number of carbonyl (C=O) groups excluding carboxylic acids is 1. The molecule has 0 radical (unpaired) electrons. The summed E-state index contributed by atoms with van der Waals surface area (Å²) in [5.74, 6) is 0.157. The number of piperazine rings is 1. The maximum Gasteiger partial charge on any atom is 0.319 e. The van der Waals surface area contributed by atoms with E-state index in [1.54, 1.807) is 24.1 Å². The second-order valence-electron chi connectivity index (χ2n) is 17.9. The third-order valence-corrected chi connectivity index (χ3v) is 13.4. The predicted molar refractivity (Wildman–Crippen MR) is 226 cm³/mol. The van der Waals surface area contributed by atoms with Gasteiger partial charge >= 0.3 is 6.01 Å². The van der Waals surface area contributed by atoms with Gasteiger partial charge in [-0.2, -0.15) is 15.2 Å². The molecule has 0 saturated carbocycles. The van der Waals surface area contributed by atoms with E-state index in [1.807, 2.05) is 28.9 Å². The third kappa shape index (κ3) is 7.13. The Morgan fingerprint density at radius 3 is 2.69 bits per heavy atom. The molecule has 13 nitrogen and oxygen atoms in total. The number of nitriles is 1. The van der Waals surface area contributed by atoms with Gasteiger partial charge in [-0.15, -0.1) is 6.42 Å². The monoisotopic (exact) mass is 847 g/mol. The molecule has 5 aliphatic rings. The Balaban J connectivity index is 1.10. The van der Waals surface area contributed by atoms with Crippen LogP contribution >= 0.6 is 0 Å². The minimum atomic E-state index is -1.29. The van der Waals surface area contributed by atoms with Crippen LogP contribution in [0.5, 0.6) is 6.01 Å². The fourth-order valence-corrected chi connectivity index (χ4v) is 10.5. The Hall–Kier alpha value is -5.97. The molecule has 0 spiro atoms. The molecule has 9 rings (SSSR count). The molecular formula is C46H48F3N9O4. The molecule has 1 aromatic carbocycles. The average Bonchev–Trinajstić information content (AvgIpc) is 3.69. The number of rotatable bonds is 8. The number of terminal acetylenes is 1. The van der Waals surface area contributed by atoms with E-state index in [-0.39, 0.29) is 97.5 Å². The van der Waals surface area contributed by atoms with Crippen molar-refractivity contribution in [2.45, 2.75) is 87.8 Å². The van der Waals surface area contributed by atoms with Gasteiger partial charge in [0.2, 0.25) is 5.91 Å². The van der Waals surface area contributed by atoms with Crippen LogP contribution in [-0.4, -0.2) is 117 Å². The first-order valence-electron chi connectivity index (χ1n) is 21.0. The number of anilines is 3. The molecule has 4 aliphatic heterocycles. The Morgan fingerprint density at radius 1 is 1.15 bits per heavy atom. The van der Waals surface area contributed by atoms with Crippen LogP contribution < -0.4 is 19.4 Å². The number of alkyl halides is 1. The first-order valence-corrected chi connectivity index (χ1v) is 21.0. The maximum atomic E-state index is 17.5. The Morgan fingerprint density at radius 2 is 1.97 bits per heavy atom. The summed E-state index contributed by atoms with van der Waals surface area (Å²) in [6, 6.07) is 8.15. The summed E-state index contributed by atoms with van der Waals surface area (Å²) in [4.78, 5) is 39.5. The largest absolute Gasteiger partial charge is 0.461 e. The van der Waals surface area contributed by atoms with E-state index in [2.05, 4.69) is 40.4 Å². The lowest BCUT2D eigenvalue weighted by atomic mass is 9.72. The van der Waals surface area contributed by atoms with Gasteiger partial charge < -0.3 is 34.2 Å². The molecular weight excluding hydrogens is 800 g/mol. The second kappa shape index (κ2) is 15.7. The number of morpholine rings is 1. The van der Waals surface area contributed by atoms with Gasteiger partial charge in [0.15, 0.2) is 5.82 Å². The van der Waals surface area contributed by atoms with Gasteiger partial charge in [-0.1, -0.05) is 18.6 Å². The van der Waals surface area contributed by atoms with Crippen molar-refractivity contribution in [2.75, 3.05) is 60.7 Å². The highest BCUT2D eigenvalue weighted by Gasteiger charge is 2.49. The molecule has 16 heteroatoms. The van der Waals surface area contributed by atoms with Crippen molar-refractivity contribution in [2.24, 2.45) is 5.92 Å². The molecule has 322 valence electrons. The molecule has 3 aromatic heterocycles. The summed E-state index contributed by atoms with van der Waals surface area (Å²) in [6.07, 6.45) is 9.86. The highest BCUT2D eigenvalue weighted by molar-refractivity contribution is 5.91. The lowest BCUT2D eigenvalue weighted by molar-refractivity contribution is -0.129. The topological polar surface area (TPSA) is 144 Å². The fourth-order valence-electron chi connectivity index (χ4n) is 10.5. The number of carbonyl (C=O) groups is 1. The average molecular weight is 848 g/mol. The Bertz CT molecular complexity index is 2530. The zero-order valence-electron chi connectivity index (χ0n) is 34.9. The normalized spacial score (nSPS) is 29.3. The van der Waals surface area contributed by atoms with E-state index in [1.165, 1.54) is 18.3 Å². The number of nitrogens with zero attached hydrogens (tertiary/aromatic N) is 9. The van der Waals surface area contributed by atoms with Gasteiger partial charge in [0.05, 0.1) is 83.5 Å². The van der Waals surface area contributed by atoms with Crippen LogP contribution in [0.15, 0.2) is 49.3 Å². The first kappa shape index (κ1) is 41.4. The van der Waals surface area contributed by atoms with Gasteiger partial charge in [-0.05, 0) is 69.0 Å². The third-order valence-electron chi connectivity index (χ3n) is 13.4. The van der Waals surface area contributed by atoms with Crippen LogP contribution in [-0.2, 0) is 16.0 Å². The number of hydrogen-bond donors (Lipinski definition) is 1. The van der Waals surface area contributed by atoms with Crippen molar-refractivity contribution >= 4 is 34.1 Å². The zero-order chi connectivity index (χ0) is 43.7. The second-order valence-corrected chi connectivity index (χ2v) is 17.9. The van der Waals surface area contributed by atoms with Crippen molar-refractivity contribution in [3.05, 3.63) is 83.3 Å². The minimum Gasteiger partial charge on any atom is -0.461 e. The van der Waals surface area contributed by atoms with E-state index >= 15 is 13.2 Å². The smallest absolute Gasteiger partial charge is 0.319 e. The van der Waals surface area contributed by atoms with Crippen LogP contribution in [0.25, 0.3) is 10.9 Å². The summed E-state index contributed by atoms with van der Waals surface area (Å²) in [6.45, 7) is 11.7. The summed E-state index contributed by atoms with van der Waals surface area (Å²) in [5, 5.41) is 21.7. The number of hydrogen-bond acceptors (Lipinski definition) is 12. The number of fused-ring (bicyclic) bond motifs is 4. The molecule has 1 amide bonds. The number of aliphatic hydroxyl groups is 1. The van der Waals surface area contributed by atoms with E-state index < -0.39 is 46.8 Å². The minimum absolute atomic E-state index is 0.00608. The number of aromatic nitrogens is 4. The van der Waals surface area contributed by atoms with Gasteiger partial charge in [0, 0.05) is 50.6 Å². The van der Waals surface area contributed by atoms with Crippen molar-refractivity contribution in [1.29, 1.82) is 5.26 Å². The maximum absolute atomic E-state index is 17.5. The summed E-state index contributed by atoms with van der Waals surface area (Å²) < 4.78 is 60.1. The highest BCUT2D eigenvalue weighted by Crippen LogP contribution is 2.45. The highest BCUT2D eigenvalue weighted by atomic mass is 19.1. The molecule has 7 heterocycles. The number of benzene rings is 1. The van der Waals surface area contributed by atoms with Crippen LogP contribution in [0.2, 0.25) is 0 Å². The number of halogens is 3. The predicted octanol–water partition coefficient (Wildman–Crippen LogP) is 5.23. The van der Waals surface area contributed by atoms with Gasteiger partial charge in [-0.3, -0.25) is 9.78 Å². The molecule has 62 heavy (non-hydrogen) atoms. The SMILES string of the molecule is C#Cc1c(F)ccc2c1[C@H](c1ncc3c(N4C[C@H]5CC(C#N)[C@@H](C4)N5C(=O)C=C)nc(OC[C@]4(C)C[C@@H](F)CN4c4ccc(N5CCOC[C@@H]5C)cn4)nc3c1F)C[C@](C)(O)C2. The number of ether oxygens (including phenoxy) is 2. The van der Waals surface area contributed by atoms with E-state index in [0.717, 1.165) is 12.2 Å². The zero-order valence-corrected chi connectivity index (χ0v) is 34.9. The molecule has 8 atom stereocenters. The Kier molecular flexibility index (Phi) is 10.5. The van der Waals surface area contributed by atoms with E-state index in [4.69, 9.17) is 25.9 Å². The first-order chi connectivity index (χ1) is 29.7. The molecule has 4 saturated heterocycles. The molecule has 1 unspecified atom stereocenters. The number of amides is 1. The van der Waals surface area contributed by atoms with Crippen molar-refractivity contribution in [1.82, 2.24) is 24.8 Å². The number of pyridine rings is 2. The van der Waals surface area contributed by atoms with Gasteiger partial charge in [0.25, 0.3) is 0 Å². The van der Waals surface area contributed by atoms with E-state index in [9.17, 15) is 15.2 Å². The lowest BCUT2D eigenvalue weighted by Crippen LogP contribution is -2.56. The molecule has 2 bridgehead atoms. The van der Waals surface area contributed by atoms with Crippen LogP contribution in [0.1, 0.15) is 68.3 Å². The van der Waals surface area contributed by atoms with Crippen molar-refractivity contribution in [3.8, 4) is 24.4 Å². The van der Waals surface area contributed by atoms with Crippen LogP contribution in [0.4, 0.5) is 30.5 Å². The molecule has 1 N–H and O–H groups in total. The standard InChI is InChI=1S/C46H48F3N9O4/c1-6-32-35(48)10-8-27-15-46(5,60)17-33(39(27)32)41-40(49)42-34(20-52-41)43(55-22-31-14-28(18-50)36(23-55)58(31)38(59)7-2)54-44(53-42)62-25-45(4)16-29(47)21-57(45)37-11-9-30(19-51-37)56-12-13-61-24-26(56)3/h1,7-11,19-20,26,28-29,31,33,36,60H,2,12-17,21-25H2,3-5H3/t26-,28?,29+,31+,33+,36+,45-,46+/m0/s1. The van der Waals surface area contributed by atoms with Crippen LogP contribution in [0, 0.1) is 41.2 Å². The molecule has 4 fully saturated rings. The fraction of sp³-hybridized carbons (Fsp3) is 0.478. The van der Waals surface area contributed by atoms with Gasteiger partial charge in [-0.25, -0.2) is 18.2 Å². The summed E-state index contributed by atoms with van der Waals surface area (Å²) >= 11 is 0. The lowest BCUT2D eigenvalue weighted by Gasteiger charge is -2.41. The summed E-state index contributed by atoms with van der Waals surface area (Å²) in [7, 11) is 0. The molecule has 1 aliphatic carbocycles. The summed E-state index contributed by atoms with van der Waals surface area (Å²) in [5.41, 5.74) is -0.537. The van der Waals surface area contributed by atoms with E-state index in [0.29, 0.717) is 36.6 Å². The van der Waals surface area contributed by atoms with Gasteiger partial charge in [0.1, 0.15) is 35.7 Å². The van der Waals surface area contributed by atoms with Crippen LogP contribution in [0.3, 0.4) is 0 Å². The molecule has 4 aromatic rings.